The zero-order valence-corrected chi connectivity index (χ0v) is 10.8. The molecule has 18 heavy (non-hydrogen) atoms. The summed E-state index contributed by atoms with van der Waals surface area (Å²) in [6, 6.07) is 1.08. The summed E-state index contributed by atoms with van der Waals surface area (Å²) < 4.78 is 1.47. The molecule has 100 valence electrons. The van der Waals surface area contributed by atoms with Crippen LogP contribution in [0.25, 0.3) is 0 Å². The molecule has 7 nitrogen and oxygen atoms in total. The molecule has 0 aromatic carbocycles. The van der Waals surface area contributed by atoms with Gasteiger partial charge in [-0.3, -0.25) is 4.79 Å². The third-order valence-electron chi connectivity index (χ3n) is 3.56. The lowest BCUT2D eigenvalue weighted by Crippen LogP contribution is -2.40. The number of nitrogens with zero attached hydrogens (tertiary/aromatic N) is 5. The summed E-state index contributed by atoms with van der Waals surface area (Å²) in [7, 11) is 0. The zero-order valence-electron chi connectivity index (χ0n) is 10.0. The Morgan fingerprint density at radius 1 is 1.33 bits per heavy atom. The van der Waals surface area contributed by atoms with Gasteiger partial charge in [0.05, 0.1) is 0 Å². The van der Waals surface area contributed by atoms with Gasteiger partial charge in [0.1, 0.15) is 12.9 Å². The highest BCUT2D eigenvalue weighted by molar-refractivity contribution is 5.85. The third-order valence-corrected chi connectivity index (χ3v) is 3.56. The number of aromatic nitrogens is 4. The van der Waals surface area contributed by atoms with Crippen LogP contribution in [0.5, 0.6) is 0 Å². The number of hydrogen-bond donors (Lipinski definition) is 1. The Hall–Kier alpha value is -1.21. The van der Waals surface area contributed by atoms with Crippen LogP contribution in [-0.2, 0) is 11.3 Å². The van der Waals surface area contributed by atoms with Gasteiger partial charge < -0.3 is 10.2 Å². The summed E-state index contributed by atoms with van der Waals surface area (Å²) >= 11 is 0. The molecule has 0 saturated carbocycles. The molecule has 2 aliphatic heterocycles. The van der Waals surface area contributed by atoms with E-state index in [1.54, 1.807) is 0 Å². The number of carbonyl (C=O) groups excluding carboxylic acids is 1. The molecule has 1 aromatic heterocycles. The van der Waals surface area contributed by atoms with Crippen LogP contribution in [0.2, 0.25) is 0 Å². The topological polar surface area (TPSA) is 75.9 Å². The van der Waals surface area contributed by atoms with E-state index in [-0.39, 0.29) is 24.9 Å². The standard InChI is InChI=1S/C10H16N6O.ClH/c17-10(6-16-7-11-13-14-16)15-4-3-8-1-2-9(5-15)12-8;/h7-9,12H,1-6H2;1H. The normalized spacial score (nSPS) is 26.6. The second-order valence-corrected chi connectivity index (χ2v) is 4.77. The van der Waals surface area contributed by atoms with E-state index in [1.165, 1.54) is 23.9 Å². The van der Waals surface area contributed by atoms with Gasteiger partial charge in [-0.05, 0) is 29.7 Å². The highest BCUT2D eigenvalue weighted by Crippen LogP contribution is 2.20. The Labute approximate surface area is 111 Å². The van der Waals surface area contributed by atoms with Crippen molar-refractivity contribution < 1.29 is 4.79 Å². The monoisotopic (exact) mass is 272 g/mol. The van der Waals surface area contributed by atoms with Crippen molar-refractivity contribution in [1.82, 2.24) is 30.4 Å². The SMILES string of the molecule is Cl.O=C(Cn1cnnn1)N1CCC2CCC(C1)N2. The summed E-state index contributed by atoms with van der Waals surface area (Å²) in [5, 5.41) is 14.3. The second kappa shape index (κ2) is 5.62. The minimum atomic E-state index is 0. The molecule has 1 amide bonds. The molecule has 0 radical (unpaired) electrons. The largest absolute Gasteiger partial charge is 0.339 e. The lowest BCUT2D eigenvalue weighted by atomic mass is 10.1. The van der Waals surface area contributed by atoms with Crippen molar-refractivity contribution in [2.45, 2.75) is 37.9 Å². The molecule has 8 heteroatoms. The van der Waals surface area contributed by atoms with Crippen LogP contribution in [0, 0.1) is 0 Å². The van der Waals surface area contributed by atoms with E-state index in [2.05, 4.69) is 20.8 Å². The molecule has 2 unspecified atom stereocenters. The molecule has 3 rings (SSSR count). The molecule has 2 aliphatic rings. The fraction of sp³-hybridized carbons (Fsp3) is 0.800. The first-order valence-corrected chi connectivity index (χ1v) is 6.06. The van der Waals surface area contributed by atoms with Crippen molar-refractivity contribution in [3.63, 3.8) is 0 Å². The molecule has 2 atom stereocenters. The van der Waals surface area contributed by atoms with Crippen LogP contribution in [0.4, 0.5) is 0 Å². The van der Waals surface area contributed by atoms with Crippen molar-refractivity contribution in [1.29, 1.82) is 0 Å². The summed E-state index contributed by atoms with van der Waals surface area (Å²) in [6.07, 6.45) is 4.96. The Bertz CT molecular complexity index is 397. The number of likely N-dealkylation sites (tertiary alicyclic amines) is 1. The average Bonchev–Trinajstić information content (AvgIpc) is 2.88. The molecule has 1 aromatic rings. The van der Waals surface area contributed by atoms with Crippen molar-refractivity contribution in [3.8, 4) is 0 Å². The molecule has 0 spiro atoms. The minimum Gasteiger partial charge on any atom is -0.339 e. The highest BCUT2D eigenvalue weighted by Gasteiger charge is 2.31. The maximum atomic E-state index is 12.1. The Balaban J connectivity index is 0.00000120. The fourth-order valence-electron chi connectivity index (χ4n) is 2.66. The smallest absolute Gasteiger partial charge is 0.244 e. The minimum absolute atomic E-state index is 0. The van der Waals surface area contributed by atoms with E-state index in [4.69, 9.17) is 0 Å². The molecule has 0 aliphatic carbocycles. The molecular formula is C10H17ClN6O. The summed E-state index contributed by atoms with van der Waals surface area (Å²) in [6.45, 7) is 1.90. The number of amides is 1. The number of tetrazole rings is 1. The molecule has 2 bridgehead atoms. The van der Waals surface area contributed by atoms with Gasteiger partial charge >= 0.3 is 0 Å². The van der Waals surface area contributed by atoms with Crippen molar-refractivity contribution >= 4 is 18.3 Å². The maximum absolute atomic E-state index is 12.1. The van der Waals surface area contributed by atoms with E-state index >= 15 is 0 Å². The fourth-order valence-corrected chi connectivity index (χ4v) is 2.66. The summed E-state index contributed by atoms with van der Waals surface area (Å²) in [5.41, 5.74) is 0. The number of rotatable bonds is 2. The van der Waals surface area contributed by atoms with Gasteiger partial charge in [0, 0.05) is 25.2 Å². The van der Waals surface area contributed by atoms with E-state index in [9.17, 15) is 4.79 Å². The van der Waals surface area contributed by atoms with Gasteiger partial charge in [-0.25, -0.2) is 4.68 Å². The quantitative estimate of drug-likeness (QED) is 0.782. The Kier molecular flexibility index (Phi) is 4.13. The number of hydrogen-bond acceptors (Lipinski definition) is 5. The average molecular weight is 273 g/mol. The van der Waals surface area contributed by atoms with Gasteiger partial charge in [0.25, 0.3) is 0 Å². The van der Waals surface area contributed by atoms with Crippen LogP contribution in [0.3, 0.4) is 0 Å². The predicted octanol–water partition coefficient (Wildman–Crippen LogP) is -0.552. The first-order valence-electron chi connectivity index (χ1n) is 6.06. The number of halogens is 1. The van der Waals surface area contributed by atoms with Gasteiger partial charge in [-0.2, -0.15) is 0 Å². The predicted molar refractivity (Wildman–Crippen MR) is 66.2 cm³/mol. The van der Waals surface area contributed by atoms with Gasteiger partial charge in [0.15, 0.2) is 0 Å². The number of fused-ring (bicyclic) bond motifs is 2. The van der Waals surface area contributed by atoms with E-state index in [1.807, 2.05) is 4.90 Å². The second-order valence-electron chi connectivity index (χ2n) is 4.77. The summed E-state index contributed by atoms with van der Waals surface area (Å²) in [4.78, 5) is 14.0. The first kappa shape index (κ1) is 13.2. The van der Waals surface area contributed by atoms with Crippen molar-refractivity contribution in [2.24, 2.45) is 0 Å². The van der Waals surface area contributed by atoms with Crippen LogP contribution < -0.4 is 5.32 Å². The maximum Gasteiger partial charge on any atom is 0.244 e. The van der Waals surface area contributed by atoms with Crippen LogP contribution >= 0.6 is 12.4 Å². The van der Waals surface area contributed by atoms with Crippen LogP contribution in [-0.4, -0.2) is 56.2 Å². The number of carbonyl (C=O) groups is 1. The summed E-state index contributed by atoms with van der Waals surface area (Å²) in [5.74, 6) is 0.103. The lowest BCUT2D eigenvalue weighted by Gasteiger charge is -2.24. The van der Waals surface area contributed by atoms with Crippen LogP contribution in [0.1, 0.15) is 19.3 Å². The molecule has 2 saturated heterocycles. The van der Waals surface area contributed by atoms with Crippen molar-refractivity contribution in [2.75, 3.05) is 13.1 Å². The first-order chi connectivity index (χ1) is 8.31. The van der Waals surface area contributed by atoms with E-state index in [0.717, 1.165) is 19.5 Å². The van der Waals surface area contributed by atoms with E-state index in [0.29, 0.717) is 12.1 Å². The molecule has 1 N–H and O–H groups in total. The highest BCUT2D eigenvalue weighted by atomic mass is 35.5. The van der Waals surface area contributed by atoms with Crippen molar-refractivity contribution in [3.05, 3.63) is 6.33 Å². The van der Waals surface area contributed by atoms with E-state index < -0.39 is 0 Å². The Morgan fingerprint density at radius 3 is 2.94 bits per heavy atom. The van der Waals surface area contributed by atoms with Crippen LogP contribution in [0.15, 0.2) is 6.33 Å². The molecule has 3 heterocycles. The van der Waals surface area contributed by atoms with Gasteiger partial charge in [-0.1, -0.05) is 0 Å². The van der Waals surface area contributed by atoms with Gasteiger partial charge in [0.2, 0.25) is 5.91 Å². The lowest BCUT2D eigenvalue weighted by molar-refractivity contribution is -0.132. The molecule has 2 fully saturated rings. The third kappa shape index (κ3) is 2.78. The zero-order chi connectivity index (χ0) is 11.7. The van der Waals surface area contributed by atoms with Gasteiger partial charge in [-0.15, -0.1) is 17.5 Å². The Morgan fingerprint density at radius 2 is 2.17 bits per heavy atom. The number of nitrogens with one attached hydrogen (secondary N) is 1. The molecular weight excluding hydrogens is 256 g/mol.